The number of carbonyl (C=O) groups is 4. The number of likely N-dealkylation sites (tertiary alicyclic amines) is 1. The molecule has 1 saturated carbocycles. The van der Waals surface area contributed by atoms with Crippen molar-refractivity contribution in [2.24, 2.45) is 11.3 Å². The van der Waals surface area contributed by atoms with E-state index >= 15 is 0 Å². The van der Waals surface area contributed by atoms with Crippen molar-refractivity contribution in [1.29, 1.82) is 0 Å². The summed E-state index contributed by atoms with van der Waals surface area (Å²) in [4.78, 5) is 55.9. The third-order valence-electron chi connectivity index (χ3n) is 9.15. The lowest BCUT2D eigenvalue weighted by molar-refractivity contribution is -0.176. The fourth-order valence-electron chi connectivity index (χ4n) is 6.36. The van der Waals surface area contributed by atoms with Crippen LogP contribution in [0.4, 0.5) is 15.3 Å². The van der Waals surface area contributed by atoms with Gasteiger partial charge >= 0.3 is 24.1 Å². The van der Waals surface area contributed by atoms with Crippen molar-refractivity contribution >= 4 is 29.8 Å². The quantitative estimate of drug-likeness (QED) is 0.260. The van der Waals surface area contributed by atoms with Crippen LogP contribution < -0.4 is 4.90 Å². The monoisotopic (exact) mass is 619 g/mol. The summed E-state index contributed by atoms with van der Waals surface area (Å²) < 4.78 is 15.8. The Morgan fingerprint density at radius 3 is 2.09 bits per heavy atom. The fraction of sp³-hybridized carbons (Fsp3) is 0.543. The molecule has 0 N–H and O–H groups in total. The Morgan fingerprint density at radius 2 is 1.44 bits per heavy atom. The van der Waals surface area contributed by atoms with Gasteiger partial charge in [0.2, 0.25) is 6.79 Å². The van der Waals surface area contributed by atoms with E-state index in [1.807, 2.05) is 52.3 Å². The molecule has 3 aliphatic rings. The Bertz CT molecular complexity index is 1330. The molecule has 0 bridgehead atoms. The van der Waals surface area contributed by atoms with Gasteiger partial charge in [-0.05, 0) is 88.5 Å². The van der Waals surface area contributed by atoms with E-state index in [0.717, 1.165) is 36.9 Å². The molecule has 0 spiro atoms. The molecule has 0 aromatic heterocycles. The average Bonchev–Trinajstić information content (AvgIpc) is 3.44. The van der Waals surface area contributed by atoms with Crippen LogP contribution in [0.5, 0.6) is 0 Å². The van der Waals surface area contributed by atoms with E-state index in [1.165, 1.54) is 5.56 Å². The number of benzene rings is 2. The number of hydrogen-bond donors (Lipinski definition) is 0. The van der Waals surface area contributed by atoms with Gasteiger partial charge in [0.1, 0.15) is 6.61 Å². The highest BCUT2D eigenvalue weighted by atomic mass is 16.7. The predicted octanol–water partition coefficient (Wildman–Crippen LogP) is 6.09. The third kappa shape index (κ3) is 8.15. The number of piperidine rings is 1. The molecular weight excluding hydrogens is 574 g/mol. The highest BCUT2D eigenvalue weighted by Gasteiger charge is 2.38. The topological polar surface area (TPSA) is 106 Å². The second kappa shape index (κ2) is 14.3. The smallest absolute Gasteiger partial charge is 0.410 e. The van der Waals surface area contributed by atoms with Gasteiger partial charge in [-0.3, -0.25) is 14.5 Å². The molecule has 2 aliphatic heterocycles. The van der Waals surface area contributed by atoms with Gasteiger partial charge in [-0.1, -0.05) is 42.5 Å². The molecule has 10 nitrogen and oxygen atoms in total. The number of nitrogens with zero attached hydrogens (tertiary/aromatic N) is 3. The SMILES string of the molecule is CC(C)(C)C(=O)OCOC(=O)C1CCC(N2CCN(c3ccc(C4CCN(C(=O)OCc5ccccc5)CC4)cc3)C2=O)CC1. The number of esters is 2. The lowest BCUT2D eigenvalue weighted by atomic mass is 9.85. The van der Waals surface area contributed by atoms with Crippen LogP contribution in [-0.2, 0) is 30.4 Å². The largest absolute Gasteiger partial charge is 0.445 e. The van der Waals surface area contributed by atoms with E-state index in [2.05, 4.69) is 12.1 Å². The molecule has 5 rings (SSSR count). The zero-order chi connectivity index (χ0) is 32.0. The summed E-state index contributed by atoms with van der Waals surface area (Å²) in [6, 6.07) is 18.1. The van der Waals surface area contributed by atoms with Gasteiger partial charge < -0.3 is 24.0 Å². The van der Waals surface area contributed by atoms with Gasteiger partial charge in [-0.2, -0.15) is 0 Å². The van der Waals surface area contributed by atoms with Crippen molar-refractivity contribution in [3.63, 3.8) is 0 Å². The molecule has 10 heteroatoms. The number of rotatable bonds is 8. The summed E-state index contributed by atoms with van der Waals surface area (Å²) in [5.74, 6) is -0.651. The first-order chi connectivity index (χ1) is 21.6. The molecular formula is C35H45N3O7. The van der Waals surface area contributed by atoms with Crippen LogP contribution in [0.3, 0.4) is 0 Å². The maximum Gasteiger partial charge on any atom is 0.410 e. The highest BCUT2D eigenvalue weighted by Crippen LogP contribution is 2.33. The van der Waals surface area contributed by atoms with Gasteiger partial charge in [0, 0.05) is 37.9 Å². The summed E-state index contributed by atoms with van der Waals surface area (Å²) in [6.07, 6.45) is 4.22. The normalized spacial score (nSPS) is 21.0. The Balaban J connectivity index is 1.04. The molecule has 2 aromatic carbocycles. The molecule has 242 valence electrons. The number of urea groups is 1. The molecule has 0 unspecified atom stereocenters. The van der Waals surface area contributed by atoms with Crippen molar-refractivity contribution in [3.8, 4) is 0 Å². The standard InChI is InChI=1S/C35H45N3O7/c1-35(2,3)32(40)45-24-44-31(39)28-11-15-30(16-12-28)38-22-21-37(33(38)41)29-13-9-26(10-14-29)27-17-19-36(20-18-27)34(42)43-23-25-7-5-4-6-8-25/h4-10,13-14,27-28,30H,11-12,15-24H2,1-3H3. The summed E-state index contributed by atoms with van der Waals surface area (Å²) in [6.45, 7) is 7.75. The fourth-order valence-corrected chi connectivity index (χ4v) is 6.36. The maximum atomic E-state index is 13.4. The van der Waals surface area contributed by atoms with Crippen LogP contribution in [0.2, 0.25) is 0 Å². The molecule has 0 atom stereocenters. The summed E-state index contributed by atoms with van der Waals surface area (Å²) in [7, 11) is 0. The third-order valence-corrected chi connectivity index (χ3v) is 9.15. The van der Waals surface area contributed by atoms with Crippen molar-refractivity contribution < 1.29 is 33.4 Å². The summed E-state index contributed by atoms with van der Waals surface area (Å²) in [5, 5.41) is 0. The van der Waals surface area contributed by atoms with Crippen molar-refractivity contribution in [2.75, 3.05) is 37.9 Å². The lowest BCUT2D eigenvalue weighted by Gasteiger charge is -2.33. The van der Waals surface area contributed by atoms with Gasteiger partial charge in [-0.25, -0.2) is 9.59 Å². The Hall–Kier alpha value is -4.08. The maximum absolute atomic E-state index is 13.4. The van der Waals surface area contributed by atoms with Crippen LogP contribution in [-0.4, -0.2) is 72.9 Å². The van der Waals surface area contributed by atoms with Crippen LogP contribution in [0.25, 0.3) is 0 Å². The van der Waals surface area contributed by atoms with Crippen LogP contribution in [0.1, 0.15) is 76.3 Å². The predicted molar refractivity (Wildman–Crippen MR) is 168 cm³/mol. The lowest BCUT2D eigenvalue weighted by Crippen LogP contribution is -2.42. The van der Waals surface area contributed by atoms with Crippen LogP contribution in [0.15, 0.2) is 54.6 Å². The Labute approximate surface area is 265 Å². The number of amides is 3. The minimum absolute atomic E-state index is 0.00481. The van der Waals surface area contributed by atoms with E-state index in [-0.39, 0.29) is 43.5 Å². The molecule has 3 amide bonds. The molecule has 0 radical (unpaired) electrons. The van der Waals surface area contributed by atoms with E-state index in [9.17, 15) is 19.2 Å². The molecule has 1 aliphatic carbocycles. The minimum Gasteiger partial charge on any atom is -0.445 e. The second-order valence-corrected chi connectivity index (χ2v) is 13.3. The van der Waals surface area contributed by atoms with Crippen LogP contribution in [0, 0.1) is 11.3 Å². The first kappa shape index (κ1) is 32.3. The Morgan fingerprint density at radius 1 is 0.778 bits per heavy atom. The zero-order valence-electron chi connectivity index (χ0n) is 26.6. The molecule has 2 heterocycles. The summed E-state index contributed by atoms with van der Waals surface area (Å²) in [5.41, 5.74) is 2.43. The van der Waals surface area contributed by atoms with Crippen molar-refractivity contribution in [1.82, 2.24) is 9.80 Å². The van der Waals surface area contributed by atoms with E-state index in [1.54, 1.807) is 25.7 Å². The average molecular weight is 620 g/mol. The van der Waals surface area contributed by atoms with Gasteiger partial charge in [0.05, 0.1) is 11.3 Å². The van der Waals surface area contributed by atoms with E-state index in [4.69, 9.17) is 14.2 Å². The molecule has 3 fully saturated rings. The van der Waals surface area contributed by atoms with E-state index in [0.29, 0.717) is 44.9 Å². The second-order valence-electron chi connectivity index (χ2n) is 13.3. The highest BCUT2D eigenvalue weighted by molar-refractivity contribution is 5.94. The van der Waals surface area contributed by atoms with Gasteiger partial charge in [-0.15, -0.1) is 0 Å². The number of ether oxygens (including phenoxy) is 3. The molecule has 45 heavy (non-hydrogen) atoms. The first-order valence-electron chi connectivity index (χ1n) is 16.1. The minimum atomic E-state index is -0.650. The molecule has 2 aromatic rings. The van der Waals surface area contributed by atoms with Crippen molar-refractivity contribution in [2.45, 2.75) is 77.9 Å². The number of hydrogen-bond acceptors (Lipinski definition) is 7. The van der Waals surface area contributed by atoms with E-state index < -0.39 is 11.4 Å². The van der Waals surface area contributed by atoms with Gasteiger partial charge in [0.25, 0.3) is 0 Å². The van der Waals surface area contributed by atoms with Crippen molar-refractivity contribution in [3.05, 3.63) is 65.7 Å². The zero-order valence-corrected chi connectivity index (χ0v) is 26.6. The first-order valence-corrected chi connectivity index (χ1v) is 16.1. The van der Waals surface area contributed by atoms with Gasteiger partial charge in [0.15, 0.2) is 0 Å². The summed E-state index contributed by atoms with van der Waals surface area (Å²) >= 11 is 0. The van der Waals surface area contributed by atoms with Crippen LogP contribution >= 0.6 is 0 Å². The number of carbonyl (C=O) groups excluding carboxylic acids is 4. The Kier molecular flexibility index (Phi) is 10.3. The molecule has 2 saturated heterocycles. The number of anilines is 1.